The van der Waals surface area contributed by atoms with Crippen LogP contribution in [0.3, 0.4) is 0 Å². The molecule has 166 valence electrons. The van der Waals surface area contributed by atoms with E-state index in [-0.39, 0.29) is 17.3 Å². The van der Waals surface area contributed by atoms with Crippen LogP contribution in [0.15, 0.2) is 60.7 Å². The summed E-state index contributed by atoms with van der Waals surface area (Å²) in [5, 5.41) is 0. The summed E-state index contributed by atoms with van der Waals surface area (Å²) in [6.45, 7) is 0. The third-order valence-corrected chi connectivity index (χ3v) is 4.60. The van der Waals surface area contributed by atoms with E-state index in [1.807, 2.05) is 0 Å². The molecule has 7 heteroatoms. The largest absolute Gasteiger partial charge is 0.497 e. The van der Waals surface area contributed by atoms with E-state index in [0.29, 0.717) is 39.9 Å². The van der Waals surface area contributed by atoms with Crippen LogP contribution in [0.25, 0.3) is 6.08 Å². The SMILES string of the molecule is COc1ccc(C(=O)/C=C/c2cccc(F)c2)c(Oc2cc(OC)c(OC)c(OC)c2)c1. The minimum absolute atomic E-state index is 0.271. The maximum atomic E-state index is 13.4. The first-order valence-corrected chi connectivity index (χ1v) is 9.63. The molecule has 0 aliphatic carbocycles. The van der Waals surface area contributed by atoms with Crippen LogP contribution in [-0.2, 0) is 0 Å². The number of hydrogen-bond acceptors (Lipinski definition) is 6. The molecule has 3 aromatic rings. The molecule has 0 saturated carbocycles. The molecule has 0 amide bonds. The summed E-state index contributed by atoms with van der Waals surface area (Å²) in [5.41, 5.74) is 0.867. The topological polar surface area (TPSA) is 63.2 Å². The van der Waals surface area contributed by atoms with Crippen molar-refractivity contribution >= 4 is 11.9 Å². The Morgan fingerprint density at radius 1 is 0.781 bits per heavy atom. The lowest BCUT2D eigenvalue weighted by Crippen LogP contribution is -2.01. The highest BCUT2D eigenvalue weighted by atomic mass is 19.1. The lowest BCUT2D eigenvalue weighted by atomic mass is 10.1. The first-order valence-electron chi connectivity index (χ1n) is 9.63. The monoisotopic (exact) mass is 438 g/mol. The quantitative estimate of drug-likeness (QED) is 0.323. The van der Waals surface area contributed by atoms with Crippen LogP contribution >= 0.6 is 0 Å². The minimum Gasteiger partial charge on any atom is -0.497 e. The molecular weight excluding hydrogens is 415 g/mol. The number of methoxy groups -OCH3 is 4. The number of benzene rings is 3. The van der Waals surface area contributed by atoms with E-state index >= 15 is 0 Å². The Morgan fingerprint density at radius 3 is 2.06 bits per heavy atom. The normalized spacial score (nSPS) is 10.7. The van der Waals surface area contributed by atoms with Crippen LogP contribution in [0.1, 0.15) is 15.9 Å². The van der Waals surface area contributed by atoms with Gasteiger partial charge in [-0.15, -0.1) is 0 Å². The molecule has 0 unspecified atom stereocenters. The summed E-state index contributed by atoms with van der Waals surface area (Å²) in [7, 11) is 6.02. The first kappa shape index (κ1) is 22.7. The van der Waals surface area contributed by atoms with Gasteiger partial charge in [-0.1, -0.05) is 18.2 Å². The summed E-state index contributed by atoms with van der Waals surface area (Å²) in [4.78, 5) is 12.9. The average Bonchev–Trinajstić information content (AvgIpc) is 2.81. The third-order valence-electron chi connectivity index (χ3n) is 4.60. The second-order valence-electron chi connectivity index (χ2n) is 6.58. The van der Waals surface area contributed by atoms with Gasteiger partial charge in [-0.3, -0.25) is 4.79 Å². The van der Waals surface area contributed by atoms with E-state index in [1.165, 1.54) is 46.6 Å². The van der Waals surface area contributed by atoms with Gasteiger partial charge >= 0.3 is 0 Å². The maximum Gasteiger partial charge on any atom is 0.203 e. The Balaban J connectivity index is 1.97. The highest BCUT2D eigenvalue weighted by Crippen LogP contribution is 2.42. The lowest BCUT2D eigenvalue weighted by Gasteiger charge is -2.16. The molecule has 0 saturated heterocycles. The minimum atomic E-state index is -0.379. The molecule has 3 rings (SSSR count). The maximum absolute atomic E-state index is 13.4. The Labute approximate surface area is 185 Å². The summed E-state index contributed by atoms with van der Waals surface area (Å²) in [6, 6.07) is 14.1. The zero-order chi connectivity index (χ0) is 23.1. The van der Waals surface area contributed by atoms with E-state index in [0.717, 1.165) is 0 Å². The summed E-state index contributed by atoms with van der Waals surface area (Å²) >= 11 is 0. The molecule has 0 spiro atoms. The van der Waals surface area contributed by atoms with Gasteiger partial charge < -0.3 is 23.7 Å². The molecule has 3 aromatic carbocycles. The predicted molar refractivity (Wildman–Crippen MR) is 119 cm³/mol. The van der Waals surface area contributed by atoms with Crippen LogP contribution in [0.4, 0.5) is 4.39 Å². The van der Waals surface area contributed by atoms with Gasteiger partial charge in [-0.25, -0.2) is 4.39 Å². The zero-order valence-electron chi connectivity index (χ0n) is 18.2. The Morgan fingerprint density at radius 2 is 1.47 bits per heavy atom. The van der Waals surface area contributed by atoms with Crippen LogP contribution in [-0.4, -0.2) is 34.2 Å². The molecule has 32 heavy (non-hydrogen) atoms. The molecule has 0 heterocycles. The summed E-state index contributed by atoms with van der Waals surface area (Å²) in [5.74, 6) is 1.69. The number of hydrogen-bond donors (Lipinski definition) is 0. The smallest absolute Gasteiger partial charge is 0.203 e. The lowest BCUT2D eigenvalue weighted by molar-refractivity contribution is 0.104. The fraction of sp³-hybridized carbons (Fsp3) is 0.160. The fourth-order valence-corrected chi connectivity index (χ4v) is 3.03. The van der Waals surface area contributed by atoms with Crippen LogP contribution in [0.5, 0.6) is 34.5 Å². The Hall–Kier alpha value is -4.00. The van der Waals surface area contributed by atoms with E-state index in [9.17, 15) is 9.18 Å². The second-order valence-corrected chi connectivity index (χ2v) is 6.58. The second kappa shape index (κ2) is 10.3. The van der Waals surface area contributed by atoms with Crippen molar-refractivity contribution in [3.05, 3.63) is 77.6 Å². The Bertz CT molecular complexity index is 1110. The van der Waals surface area contributed by atoms with Gasteiger partial charge in [0.25, 0.3) is 0 Å². The first-order chi connectivity index (χ1) is 15.5. The summed E-state index contributed by atoms with van der Waals surface area (Å²) < 4.78 is 40.7. The van der Waals surface area contributed by atoms with Crippen molar-refractivity contribution in [3.8, 4) is 34.5 Å². The molecule has 0 aliphatic rings. The summed E-state index contributed by atoms with van der Waals surface area (Å²) in [6.07, 6.45) is 2.90. The number of ketones is 1. The van der Waals surface area contributed by atoms with Gasteiger partial charge in [-0.2, -0.15) is 0 Å². The van der Waals surface area contributed by atoms with Crippen molar-refractivity contribution in [3.63, 3.8) is 0 Å². The van der Waals surface area contributed by atoms with Crippen molar-refractivity contribution in [1.29, 1.82) is 0 Å². The molecule has 0 aromatic heterocycles. The molecule has 0 bridgehead atoms. The van der Waals surface area contributed by atoms with Gasteiger partial charge in [0.2, 0.25) is 5.75 Å². The van der Waals surface area contributed by atoms with E-state index in [1.54, 1.807) is 48.5 Å². The van der Waals surface area contributed by atoms with Crippen molar-refractivity contribution in [2.45, 2.75) is 0 Å². The number of allylic oxidation sites excluding steroid dienone is 1. The standard InChI is InChI=1S/C25H23FO6/c1-28-18-9-10-20(21(27)11-8-16-6-5-7-17(26)12-16)22(13-18)32-19-14-23(29-2)25(31-4)24(15-19)30-3/h5-15H,1-4H3/b11-8+. The number of carbonyl (C=O) groups is 1. The van der Waals surface area contributed by atoms with E-state index in [4.69, 9.17) is 23.7 Å². The van der Waals surface area contributed by atoms with E-state index < -0.39 is 0 Å². The number of halogens is 1. The highest BCUT2D eigenvalue weighted by molar-refractivity contribution is 6.08. The number of carbonyl (C=O) groups excluding carboxylic acids is 1. The van der Waals surface area contributed by atoms with Crippen LogP contribution < -0.4 is 23.7 Å². The van der Waals surface area contributed by atoms with Crippen molar-refractivity contribution in [2.24, 2.45) is 0 Å². The third kappa shape index (κ3) is 5.18. The Kier molecular flexibility index (Phi) is 7.33. The number of ether oxygens (including phenoxy) is 5. The zero-order valence-corrected chi connectivity index (χ0v) is 18.2. The van der Waals surface area contributed by atoms with Gasteiger partial charge in [0.15, 0.2) is 17.3 Å². The van der Waals surface area contributed by atoms with Gasteiger partial charge in [0.05, 0.1) is 34.0 Å². The predicted octanol–water partition coefficient (Wildman–Crippen LogP) is 5.55. The average molecular weight is 438 g/mol. The van der Waals surface area contributed by atoms with Crippen LogP contribution in [0, 0.1) is 5.82 Å². The highest BCUT2D eigenvalue weighted by Gasteiger charge is 2.17. The van der Waals surface area contributed by atoms with Crippen LogP contribution in [0.2, 0.25) is 0 Å². The molecule has 0 N–H and O–H groups in total. The fourth-order valence-electron chi connectivity index (χ4n) is 3.03. The van der Waals surface area contributed by atoms with Crippen molar-refractivity contribution in [2.75, 3.05) is 28.4 Å². The molecule has 6 nitrogen and oxygen atoms in total. The van der Waals surface area contributed by atoms with Gasteiger partial charge in [-0.05, 0) is 35.9 Å². The molecule has 0 fully saturated rings. The van der Waals surface area contributed by atoms with Crippen molar-refractivity contribution < 1.29 is 32.9 Å². The van der Waals surface area contributed by atoms with Gasteiger partial charge in [0.1, 0.15) is 23.1 Å². The molecular formula is C25H23FO6. The molecule has 0 aliphatic heterocycles. The molecule has 0 atom stereocenters. The number of rotatable bonds is 9. The van der Waals surface area contributed by atoms with Gasteiger partial charge in [0, 0.05) is 18.2 Å². The molecule has 0 radical (unpaired) electrons. The van der Waals surface area contributed by atoms with E-state index in [2.05, 4.69) is 0 Å². The van der Waals surface area contributed by atoms with Crippen molar-refractivity contribution in [1.82, 2.24) is 0 Å².